The quantitative estimate of drug-likeness (QED) is 0.740. The Morgan fingerprint density at radius 2 is 1.88 bits per heavy atom. The number of furan rings is 1. The molecule has 5 heteroatoms. The Morgan fingerprint density at radius 3 is 2.44 bits per heavy atom. The van der Waals surface area contributed by atoms with Crippen molar-refractivity contribution >= 4 is 15.9 Å². The Kier molecular flexibility index (Phi) is 2.80. The van der Waals surface area contributed by atoms with Gasteiger partial charge in [-0.3, -0.25) is 0 Å². The molecule has 0 unspecified atom stereocenters. The average Bonchev–Trinajstić information content (AvgIpc) is 2.69. The van der Waals surface area contributed by atoms with Crippen LogP contribution < -0.4 is 0 Å². The zero-order valence-electron chi connectivity index (χ0n) is 7.88. The summed E-state index contributed by atoms with van der Waals surface area (Å²) < 4.78 is 43.1. The molecule has 0 aliphatic rings. The highest BCUT2D eigenvalue weighted by atomic mass is 79.9. The number of hydrogen-bond acceptors (Lipinski definition) is 1. The van der Waals surface area contributed by atoms with Crippen molar-refractivity contribution in [2.75, 3.05) is 0 Å². The fourth-order valence-corrected chi connectivity index (χ4v) is 1.76. The third-order valence-corrected chi connectivity index (χ3v) is 2.77. The summed E-state index contributed by atoms with van der Waals surface area (Å²) in [5.41, 5.74) is -0.304. The molecule has 2 rings (SSSR count). The van der Waals surface area contributed by atoms with Gasteiger partial charge in [0.15, 0.2) is 0 Å². The van der Waals surface area contributed by atoms with Gasteiger partial charge in [0, 0.05) is 10.0 Å². The van der Waals surface area contributed by atoms with E-state index in [1.807, 2.05) is 0 Å². The zero-order valence-corrected chi connectivity index (χ0v) is 9.47. The molecule has 0 saturated heterocycles. The molecule has 1 aromatic carbocycles. The van der Waals surface area contributed by atoms with E-state index < -0.39 is 11.7 Å². The fraction of sp³-hybridized carbons (Fsp3) is 0.0909. The highest BCUT2D eigenvalue weighted by Gasteiger charge is 2.31. The van der Waals surface area contributed by atoms with Gasteiger partial charge in [-0.25, -0.2) is 0 Å². The lowest BCUT2D eigenvalue weighted by molar-refractivity contribution is -0.137. The Bertz CT molecular complexity index is 488. The molecule has 84 valence electrons. The van der Waals surface area contributed by atoms with Crippen LogP contribution in [-0.4, -0.2) is 0 Å². The SMILES string of the molecule is FC(F)(F)c1ccc(Br)c(-c2ccco2)c1. The third-order valence-electron chi connectivity index (χ3n) is 2.08. The molecule has 0 atom stereocenters. The van der Waals surface area contributed by atoms with E-state index in [0.717, 1.165) is 12.1 Å². The van der Waals surface area contributed by atoms with Crippen LogP contribution in [0.3, 0.4) is 0 Å². The molecule has 0 bridgehead atoms. The molecule has 0 spiro atoms. The minimum atomic E-state index is -4.35. The van der Waals surface area contributed by atoms with Gasteiger partial charge in [0.2, 0.25) is 0 Å². The van der Waals surface area contributed by atoms with Gasteiger partial charge in [-0.15, -0.1) is 0 Å². The number of alkyl halides is 3. The summed E-state index contributed by atoms with van der Waals surface area (Å²) in [7, 11) is 0. The Hall–Kier alpha value is -1.23. The first-order valence-electron chi connectivity index (χ1n) is 4.39. The van der Waals surface area contributed by atoms with Gasteiger partial charge in [-0.05, 0) is 30.3 Å². The van der Waals surface area contributed by atoms with Crippen molar-refractivity contribution in [1.82, 2.24) is 0 Å². The van der Waals surface area contributed by atoms with Gasteiger partial charge < -0.3 is 4.42 Å². The van der Waals surface area contributed by atoms with Crippen molar-refractivity contribution < 1.29 is 17.6 Å². The highest BCUT2D eigenvalue weighted by molar-refractivity contribution is 9.10. The monoisotopic (exact) mass is 290 g/mol. The smallest absolute Gasteiger partial charge is 0.416 e. The van der Waals surface area contributed by atoms with E-state index in [0.29, 0.717) is 15.8 Å². The second-order valence-electron chi connectivity index (χ2n) is 3.17. The number of hydrogen-bond donors (Lipinski definition) is 0. The summed E-state index contributed by atoms with van der Waals surface area (Å²) in [6.45, 7) is 0. The lowest BCUT2D eigenvalue weighted by Gasteiger charge is -2.09. The maximum absolute atomic E-state index is 12.5. The van der Waals surface area contributed by atoms with Gasteiger partial charge in [0.1, 0.15) is 5.76 Å². The molecule has 1 nitrogen and oxygen atoms in total. The van der Waals surface area contributed by atoms with Crippen molar-refractivity contribution in [1.29, 1.82) is 0 Å². The molecule has 0 N–H and O–H groups in total. The minimum Gasteiger partial charge on any atom is -0.464 e. The summed E-state index contributed by atoms with van der Waals surface area (Å²) >= 11 is 3.19. The van der Waals surface area contributed by atoms with Crippen LogP contribution in [0.15, 0.2) is 45.5 Å². The Labute approximate surface area is 98.0 Å². The van der Waals surface area contributed by atoms with E-state index in [2.05, 4.69) is 15.9 Å². The van der Waals surface area contributed by atoms with Gasteiger partial charge in [-0.1, -0.05) is 15.9 Å². The molecule has 16 heavy (non-hydrogen) atoms. The van der Waals surface area contributed by atoms with Crippen molar-refractivity contribution in [3.05, 3.63) is 46.6 Å². The predicted octanol–water partition coefficient (Wildman–Crippen LogP) is 4.73. The molecule has 0 saturated carbocycles. The minimum absolute atomic E-state index is 0.389. The molecule has 0 amide bonds. The zero-order chi connectivity index (χ0) is 11.8. The summed E-state index contributed by atoms with van der Waals surface area (Å²) in [5, 5.41) is 0. The number of halogens is 4. The second-order valence-corrected chi connectivity index (χ2v) is 4.02. The van der Waals surface area contributed by atoms with Crippen LogP contribution in [0.25, 0.3) is 11.3 Å². The van der Waals surface area contributed by atoms with Crippen LogP contribution >= 0.6 is 15.9 Å². The summed E-state index contributed by atoms with van der Waals surface area (Å²) in [5.74, 6) is 0.401. The van der Waals surface area contributed by atoms with Crippen LogP contribution in [0, 0.1) is 0 Å². The lowest BCUT2D eigenvalue weighted by Crippen LogP contribution is -2.04. The summed E-state index contributed by atoms with van der Waals surface area (Å²) in [6, 6.07) is 6.68. The van der Waals surface area contributed by atoms with Gasteiger partial charge >= 0.3 is 6.18 Å². The van der Waals surface area contributed by atoms with E-state index in [1.54, 1.807) is 12.1 Å². The van der Waals surface area contributed by atoms with Crippen LogP contribution in [0.5, 0.6) is 0 Å². The summed E-state index contributed by atoms with van der Waals surface area (Å²) in [6.07, 6.45) is -2.93. The molecular formula is C11H6BrF3O. The normalized spacial score (nSPS) is 11.8. The number of rotatable bonds is 1. The predicted molar refractivity (Wildman–Crippen MR) is 56.8 cm³/mol. The van der Waals surface area contributed by atoms with Crippen LogP contribution in [-0.2, 0) is 6.18 Å². The van der Waals surface area contributed by atoms with Crippen molar-refractivity contribution in [2.45, 2.75) is 6.18 Å². The maximum Gasteiger partial charge on any atom is 0.416 e. The van der Waals surface area contributed by atoms with E-state index in [1.165, 1.54) is 12.3 Å². The molecule has 0 radical (unpaired) electrons. The third kappa shape index (κ3) is 2.14. The van der Waals surface area contributed by atoms with Gasteiger partial charge in [-0.2, -0.15) is 13.2 Å². The van der Waals surface area contributed by atoms with Crippen molar-refractivity contribution in [3.63, 3.8) is 0 Å². The fourth-order valence-electron chi connectivity index (χ4n) is 1.32. The average molecular weight is 291 g/mol. The van der Waals surface area contributed by atoms with Gasteiger partial charge in [0.05, 0.1) is 11.8 Å². The second kappa shape index (κ2) is 3.97. The standard InChI is InChI=1S/C11H6BrF3O/c12-9-4-3-7(11(13,14)15)6-8(9)10-2-1-5-16-10/h1-6H. The molecule has 1 aromatic heterocycles. The lowest BCUT2D eigenvalue weighted by atomic mass is 10.1. The summed E-state index contributed by atoms with van der Waals surface area (Å²) in [4.78, 5) is 0. The van der Waals surface area contributed by atoms with E-state index >= 15 is 0 Å². The van der Waals surface area contributed by atoms with E-state index in [-0.39, 0.29) is 0 Å². The Balaban J connectivity index is 2.54. The van der Waals surface area contributed by atoms with Crippen LogP contribution in [0.2, 0.25) is 0 Å². The molecular weight excluding hydrogens is 285 g/mol. The molecule has 0 aliphatic heterocycles. The molecule has 0 aliphatic carbocycles. The van der Waals surface area contributed by atoms with E-state index in [4.69, 9.17) is 4.42 Å². The first kappa shape index (κ1) is 11.3. The molecule has 2 aromatic rings. The van der Waals surface area contributed by atoms with Crippen molar-refractivity contribution in [3.8, 4) is 11.3 Å². The topological polar surface area (TPSA) is 13.1 Å². The first-order chi connectivity index (χ1) is 7.48. The molecule has 0 fully saturated rings. The Morgan fingerprint density at radius 1 is 1.12 bits per heavy atom. The van der Waals surface area contributed by atoms with Crippen LogP contribution in [0.1, 0.15) is 5.56 Å². The maximum atomic E-state index is 12.5. The number of benzene rings is 1. The van der Waals surface area contributed by atoms with E-state index in [9.17, 15) is 13.2 Å². The van der Waals surface area contributed by atoms with Gasteiger partial charge in [0.25, 0.3) is 0 Å². The largest absolute Gasteiger partial charge is 0.464 e. The first-order valence-corrected chi connectivity index (χ1v) is 5.18. The van der Waals surface area contributed by atoms with Crippen molar-refractivity contribution in [2.24, 2.45) is 0 Å². The highest BCUT2D eigenvalue weighted by Crippen LogP contribution is 2.36. The molecule has 1 heterocycles. The van der Waals surface area contributed by atoms with Crippen LogP contribution in [0.4, 0.5) is 13.2 Å².